The third-order valence-electron chi connectivity index (χ3n) is 5.86. The number of piperidine rings is 1. The van der Waals surface area contributed by atoms with Crippen molar-refractivity contribution in [3.05, 3.63) is 60.3 Å². The molecule has 0 N–H and O–H groups in total. The van der Waals surface area contributed by atoms with Gasteiger partial charge in [-0.1, -0.05) is 40.7 Å². The van der Waals surface area contributed by atoms with Crippen LogP contribution in [0.5, 0.6) is 11.5 Å². The van der Waals surface area contributed by atoms with Crippen LogP contribution >= 0.6 is 0 Å². The molecule has 4 heterocycles. The molecule has 1 fully saturated rings. The van der Waals surface area contributed by atoms with Crippen molar-refractivity contribution in [3.63, 3.8) is 0 Å². The highest BCUT2D eigenvalue weighted by atomic mass is 16.7. The van der Waals surface area contributed by atoms with Crippen molar-refractivity contribution in [3.8, 4) is 34.5 Å². The number of carbonyl (C=O) groups is 1. The number of amides is 1. The summed E-state index contributed by atoms with van der Waals surface area (Å²) in [5.41, 5.74) is 1.95. The molecule has 2 aromatic heterocycles. The van der Waals surface area contributed by atoms with E-state index in [9.17, 15) is 4.79 Å². The number of ether oxygens (including phenoxy) is 2. The summed E-state index contributed by atoms with van der Waals surface area (Å²) >= 11 is 0. The van der Waals surface area contributed by atoms with E-state index in [0.717, 1.165) is 18.4 Å². The van der Waals surface area contributed by atoms with Crippen LogP contribution in [0, 0.1) is 0 Å². The van der Waals surface area contributed by atoms with E-state index >= 15 is 0 Å². The van der Waals surface area contributed by atoms with Crippen molar-refractivity contribution in [2.45, 2.75) is 18.9 Å². The summed E-state index contributed by atoms with van der Waals surface area (Å²) < 4.78 is 17.9. The molecule has 0 radical (unpaired) electrons. The molecule has 1 atom stereocenters. The summed E-state index contributed by atoms with van der Waals surface area (Å²) in [4.78, 5) is 19.4. The van der Waals surface area contributed by atoms with Crippen molar-refractivity contribution >= 4 is 5.91 Å². The summed E-state index contributed by atoms with van der Waals surface area (Å²) in [5, 5.41) is 12.5. The van der Waals surface area contributed by atoms with Crippen LogP contribution in [0.25, 0.3) is 23.0 Å². The average Bonchev–Trinajstić information content (AvgIpc) is 3.64. The molecular formula is C23H20N6O4. The molecule has 166 valence electrons. The lowest BCUT2D eigenvalue weighted by atomic mass is 10.0. The van der Waals surface area contributed by atoms with Gasteiger partial charge in [0, 0.05) is 24.2 Å². The Morgan fingerprint density at radius 1 is 1.06 bits per heavy atom. The number of hydrogen-bond donors (Lipinski definition) is 0. The van der Waals surface area contributed by atoms with E-state index in [-0.39, 0.29) is 18.7 Å². The van der Waals surface area contributed by atoms with Gasteiger partial charge in [0.15, 0.2) is 17.2 Å². The van der Waals surface area contributed by atoms with Crippen molar-refractivity contribution in [1.29, 1.82) is 0 Å². The number of likely N-dealkylation sites (tertiary alicyclic amines) is 1. The Balaban J connectivity index is 1.17. The lowest BCUT2D eigenvalue weighted by Crippen LogP contribution is -2.40. The molecule has 2 aromatic carbocycles. The minimum Gasteiger partial charge on any atom is -0.454 e. The lowest BCUT2D eigenvalue weighted by molar-refractivity contribution is 0.0671. The minimum atomic E-state index is -0.0391. The summed E-state index contributed by atoms with van der Waals surface area (Å²) in [6.07, 6.45) is 3.56. The maximum absolute atomic E-state index is 13.1. The number of rotatable bonds is 4. The number of hydrogen-bond acceptors (Lipinski definition) is 8. The highest BCUT2D eigenvalue weighted by Gasteiger charge is 2.28. The second kappa shape index (κ2) is 8.05. The zero-order chi connectivity index (χ0) is 22.2. The largest absolute Gasteiger partial charge is 0.454 e. The number of benzene rings is 2. The molecule has 1 saturated heterocycles. The Hall–Kier alpha value is -4.21. The van der Waals surface area contributed by atoms with Gasteiger partial charge in [-0.15, -0.1) is 5.10 Å². The first kappa shape index (κ1) is 19.5. The number of nitrogens with zero attached hydrogens (tertiary/aromatic N) is 6. The fourth-order valence-electron chi connectivity index (χ4n) is 4.15. The summed E-state index contributed by atoms with van der Waals surface area (Å²) in [6, 6.07) is 14.9. The van der Waals surface area contributed by atoms with Gasteiger partial charge >= 0.3 is 0 Å². The average molecular weight is 444 g/mol. The molecule has 0 aliphatic carbocycles. The van der Waals surface area contributed by atoms with E-state index < -0.39 is 0 Å². The first-order valence-electron chi connectivity index (χ1n) is 10.7. The topological polar surface area (TPSA) is 108 Å². The van der Waals surface area contributed by atoms with Crippen molar-refractivity contribution < 1.29 is 18.8 Å². The Kier molecular flexibility index (Phi) is 4.75. The van der Waals surface area contributed by atoms with Gasteiger partial charge in [-0.25, -0.2) is 4.68 Å². The Bertz CT molecular complexity index is 1300. The maximum atomic E-state index is 13.1. The fraction of sp³-hybridized carbons (Fsp3) is 0.261. The van der Waals surface area contributed by atoms with Crippen LogP contribution in [0.3, 0.4) is 0 Å². The van der Waals surface area contributed by atoms with Crippen molar-refractivity contribution in [2.75, 3.05) is 19.9 Å². The molecule has 1 amide bonds. The zero-order valence-corrected chi connectivity index (χ0v) is 17.6. The summed E-state index contributed by atoms with van der Waals surface area (Å²) in [7, 11) is 0. The lowest BCUT2D eigenvalue weighted by Gasteiger charge is -2.32. The second-order valence-corrected chi connectivity index (χ2v) is 7.99. The Labute approximate surface area is 188 Å². The maximum Gasteiger partial charge on any atom is 0.280 e. The van der Waals surface area contributed by atoms with E-state index in [2.05, 4.69) is 20.5 Å². The summed E-state index contributed by atoms with van der Waals surface area (Å²) in [6.45, 7) is 1.41. The smallest absolute Gasteiger partial charge is 0.280 e. The normalized spacial score (nSPS) is 17.3. The van der Waals surface area contributed by atoms with Gasteiger partial charge in [-0.05, 0) is 31.0 Å². The fourth-order valence-corrected chi connectivity index (χ4v) is 4.15. The molecule has 4 aromatic rings. The van der Waals surface area contributed by atoms with Crippen LogP contribution in [-0.4, -0.2) is 55.8 Å². The molecular weight excluding hydrogens is 424 g/mol. The third-order valence-corrected chi connectivity index (χ3v) is 5.86. The quantitative estimate of drug-likeness (QED) is 0.472. The van der Waals surface area contributed by atoms with E-state index in [0.29, 0.717) is 47.6 Å². The predicted octanol–water partition coefficient (Wildman–Crippen LogP) is 3.20. The highest BCUT2D eigenvalue weighted by molar-refractivity contribution is 5.95. The van der Waals surface area contributed by atoms with Gasteiger partial charge in [0.05, 0.1) is 12.2 Å². The number of carbonyl (C=O) groups excluding carboxylic acids is 1. The SMILES string of the molecule is O=C(c1ccc2c(c1)OCO2)N1CCCC(n2cc(-c3nc(-c4ccccc4)no3)nn2)C1. The highest BCUT2D eigenvalue weighted by Crippen LogP contribution is 2.33. The van der Waals surface area contributed by atoms with Crippen LogP contribution < -0.4 is 9.47 Å². The van der Waals surface area contributed by atoms with E-state index in [4.69, 9.17) is 14.0 Å². The molecule has 1 unspecified atom stereocenters. The standard InChI is InChI=1S/C23H20N6O4/c30-23(16-8-9-19-20(11-16)32-14-31-19)28-10-4-7-17(12-28)29-13-18(25-27-29)22-24-21(26-33-22)15-5-2-1-3-6-15/h1-3,5-6,8-9,11,13,17H,4,7,10,12,14H2. The van der Waals surface area contributed by atoms with Crippen molar-refractivity contribution in [2.24, 2.45) is 0 Å². The van der Waals surface area contributed by atoms with Gasteiger partial charge in [0.2, 0.25) is 12.6 Å². The minimum absolute atomic E-state index is 0.00877. The van der Waals surface area contributed by atoms with Crippen LogP contribution in [0.15, 0.2) is 59.3 Å². The van der Waals surface area contributed by atoms with Gasteiger partial charge in [-0.3, -0.25) is 4.79 Å². The first-order chi connectivity index (χ1) is 16.2. The van der Waals surface area contributed by atoms with E-state index in [1.807, 2.05) is 35.2 Å². The van der Waals surface area contributed by atoms with Gasteiger partial charge in [-0.2, -0.15) is 4.98 Å². The van der Waals surface area contributed by atoms with E-state index in [1.54, 1.807) is 29.1 Å². The molecule has 6 rings (SSSR count). The van der Waals surface area contributed by atoms with E-state index in [1.165, 1.54) is 0 Å². The number of aromatic nitrogens is 5. The predicted molar refractivity (Wildman–Crippen MR) is 115 cm³/mol. The van der Waals surface area contributed by atoms with Crippen LogP contribution in [-0.2, 0) is 0 Å². The molecule has 10 heteroatoms. The van der Waals surface area contributed by atoms with Crippen LogP contribution in [0.1, 0.15) is 29.2 Å². The van der Waals surface area contributed by atoms with Crippen LogP contribution in [0.2, 0.25) is 0 Å². The summed E-state index contributed by atoms with van der Waals surface area (Å²) in [5.74, 6) is 2.03. The third kappa shape index (κ3) is 3.69. The molecule has 0 bridgehead atoms. The van der Waals surface area contributed by atoms with Gasteiger partial charge in [0.25, 0.3) is 11.8 Å². The molecule has 0 spiro atoms. The van der Waals surface area contributed by atoms with Crippen LogP contribution in [0.4, 0.5) is 0 Å². The molecule has 0 saturated carbocycles. The first-order valence-corrected chi connectivity index (χ1v) is 10.7. The molecule has 33 heavy (non-hydrogen) atoms. The van der Waals surface area contributed by atoms with Gasteiger partial charge in [0.1, 0.15) is 0 Å². The van der Waals surface area contributed by atoms with Crippen molar-refractivity contribution in [1.82, 2.24) is 30.0 Å². The second-order valence-electron chi connectivity index (χ2n) is 7.99. The Morgan fingerprint density at radius 3 is 2.85 bits per heavy atom. The molecule has 2 aliphatic rings. The monoisotopic (exact) mass is 444 g/mol. The molecule has 10 nitrogen and oxygen atoms in total. The zero-order valence-electron chi connectivity index (χ0n) is 17.6. The van der Waals surface area contributed by atoms with Gasteiger partial charge < -0.3 is 18.9 Å². The Morgan fingerprint density at radius 2 is 1.94 bits per heavy atom. The molecule has 2 aliphatic heterocycles. The number of fused-ring (bicyclic) bond motifs is 1.